The van der Waals surface area contributed by atoms with Crippen molar-refractivity contribution < 1.29 is 4.79 Å². The van der Waals surface area contributed by atoms with Crippen LogP contribution in [0.25, 0.3) is 5.52 Å². The number of hydrogen-bond acceptors (Lipinski definition) is 3. The number of urea groups is 1. The third kappa shape index (κ3) is 2.85. The molecule has 25 heavy (non-hydrogen) atoms. The summed E-state index contributed by atoms with van der Waals surface area (Å²) in [5.74, 6) is 0. The molecule has 2 aliphatic heterocycles. The average Bonchev–Trinajstić information content (AvgIpc) is 3.15. The number of aromatic nitrogens is 1. The van der Waals surface area contributed by atoms with E-state index in [2.05, 4.69) is 17.2 Å². The molecule has 2 saturated heterocycles. The predicted molar refractivity (Wildman–Crippen MR) is 95.1 cm³/mol. The van der Waals surface area contributed by atoms with Crippen LogP contribution in [0.1, 0.15) is 24.0 Å². The van der Waals surface area contributed by atoms with Crippen LogP contribution in [-0.2, 0) is 6.54 Å². The van der Waals surface area contributed by atoms with E-state index in [1.165, 1.54) is 0 Å². The molecule has 2 aromatic heterocycles. The zero-order chi connectivity index (χ0) is 17.4. The van der Waals surface area contributed by atoms with Crippen molar-refractivity contribution in [3.8, 4) is 6.07 Å². The number of nitrogens with zero attached hydrogens (tertiary/aromatic N) is 5. The van der Waals surface area contributed by atoms with Gasteiger partial charge in [-0.05, 0) is 25.0 Å². The summed E-state index contributed by atoms with van der Waals surface area (Å²) in [4.78, 5) is 18.4. The minimum absolute atomic E-state index is 0.170. The first kappa shape index (κ1) is 16.0. The van der Waals surface area contributed by atoms with E-state index in [1.807, 2.05) is 40.7 Å². The summed E-state index contributed by atoms with van der Waals surface area (Å²) in [6.07, 6.45) is 6.07. The number of nitriles is 1. The molecule has 2 aromatic rings. The van der Waals surface area contributed by atoms with E-state index in [0.29, 0.717) is 6.04 Å². The third-order valence-electron chi connectivity index (χ3n) is 5.51. The van der Waals surface area contributed by atoms with Gasteiger partial charge in [-0.1, -0.05) is 6.07 Å². The van der Waals surface area contributed by atoms with Crippen molar-refractivity contribution in [3.05, 3.63) is 41.7 Å². The number of pyridine rings is 1. The molecular formula is C19H23N5O. The molecular weight excluding hydrogens is 314 g/mol. The topological polar surface area (TPSA) is 55.0 Å². The molecule has 2 amide bonds. The minimum Gasteiger partial charge on any atom is -0.326 e. The first-order valence-corrected chi connectivity index (χ1v) is 8.90. The highest BCUT2D eigenvalue weighted by molar-refractivity contribution is 5.76. The van der Waals surface area contributed by atoms with E-state index in [9.17, 15) is 10.1 Å². The van der Waals surface area contributed by atoms with Crippen molar-refractivity contribution in [3.63, 3.8) is 0 Å². The maximum Gasteiger partial charge on any atom is 0.320 e. The van der Waals surface area contributed by atoms with Crippen molar-refractivity contribution in [1.29, 1.82) is 5.26 Å². The Morgan fingerprint density at radius 3 is 2.68 bits per heavy atom. The first-order chi connectivity index (χ1) is 12.2. The Labute approximate surface area is 147 Å². The third-order valence-corrected chi connectivity index (χ3v) is 5.51. The van der Waals surface area contributed by atoms with Crippen LogP contribution in [0.2, 0.25) is 0 Å². The van der Waals surface area contributed by atoms with Crippen molar-refractivity contribution in [2.75, 3.05) is 33.2 Å². The maximum absolute atomic E-state index is 12.2. The zero-order valence-electron chi connectivity index (χ0n) is 14.6. The van der Waals surface area contributed by atoms with Crippen LogP contribution in [-0.4, -0.2) is 64.4 Å². The molecule has 0 saturated carbocycles. The highest BCUT2D eigenvalue weighted by atomic mass is 16.2. The van der Waals surface area contributed by atoms with Gasteiger partial charge in [0.2, 0.25) is 0 Å². The molecule has 2 aliphatic rings. The fourth-order valence-electron chi connectivity index (χ4n) is 4.06. The van der Waals surface area contributed by atoms with Gasteiger partial charge in [0.05, 0.1) is 11.1 Å². The summed E-state index contributed by atoms with van der Waals surface area (Å²) >= 11 is 0. The van der Waals surface area contributed by atoms with E-state index >= 15 is 0 Å². The molecule has 4 rings (SSSR count). The number of piperidine rings is 1. The second-order valence-electron chi connectivity index (χ2n) is 7.04. The fraction of sp³-hybridized carbons (Fsp3) is 0.474. The number of amides is 2. The normalized spacial score (nSPS) is 19.8. The van der Waals surface area contributed by atoms with E-state index in [4.69, 9.17) is 0 Å². The van der Waals surface area contributed by atoms with Crippen LogP contribution in [0.15, 0.2) is 30.6 Å². The average molecular weight is 337 g/mol. The van der Waals surface area contributed by atoms with Crippen LogP contribution in [0.4, 0.5) is 4.79 Å². The van der Waals surface area contributed by atoms with Gasteiger partial charge >= 0.3 is 6.03 Å². The number of hydrogen-bond donors (Lipinski definition) is 0. The van der Waals surface area contributed by atoms with E-state index in [-0.39, 0.29) is 6.03 Å². The molecule has 0 radical (unpaired) electrons. The summed E-state index contributed by atoms with van der Waals surface area (Å²) in [6.45, 7) is 4.42. The van der Waals surface area contributed by atoms with Gasteiger partial charge in [-0.25, -0.2) is 4.79 Å². The van der Waals surface area contributed by atoms with Crippen molar-refractivity contribution >= 4 is 11.5 Å². The summed E-state index contributed by atoms with van der Waals surface area (Å²) in [6, 6.07) is 8.83. The zero-order valence-corrected chi connectivity index (χ0v) is 14.6. The monoisotopic (exact) mass is 337 g/mol. The van der Waals surface area contributed by atoms with Gasteiger partial charge in [-0.3, -0.25) is 4.90 Å². The molecule has 0 aromatic carbocycles. The number of rotatable bonds is 3. The van der Waals surface area contributed by atoms with E-state index in [1.54, 1.807) is 4.90 Å². The number of carbonyl (C=O) groups excluding carboxylic acids is 1. The lowest BCUT2D eigenvalue weighted by Gasteiger charge is -2.36. The quantitative estimate of drug-likeness (QED) is 0.862. The SMILES string of the molecule is CN1CCN(C2CCN(Cc3cn4ccccc4c3C#N)CC2)C1=O. The highest BCUT2D eigenvalue weighted by Crippen LogP contribution is 2.24. The lowest BCUT2D eigenvalue weighted by molar-refractivity contribution is 0.128. The highest BCUT2D eigenvalue weighted by Gasteiger charge is 2.33. The smallest absolute Gasteiger partial charge is 0.320 e. The summed E-state index contributed by atoms with van der Waals surface area (Å²) in [7, 11) is 1.87. The molecule has 0 spiro atoms. The molecule has 0 aliphatic carbocycles. The molecule has 2 fully saturated rings. The summed E-state index contributed by atoms with van der Waals surface area (Å²) in [5, 5.41) is 9.54. The summed E-state index contributed by atoms with van der Waals surface area (Å²) in [5.41, 5.74) is 2.84. The van der Waals surface area contributed by atoms with Crippen LogP contribution < -0.4 is 0 Å². The molecule has 4 heterocycles. The maximum atomic E-state index is 12.2. The molecule has 6 nitrogen and oxygen atoms in total. The molecule has 130 valence electrons. The predicted octanol–water partition coefficient (Wildman–Crippen LogP) is 2.14. The molecule has 0 unspecified atom stereocenters. The lowest BCUT2D eigenvalue weighted by Crippen LogP contribution is -2.46. The summed E-state index contributed by atoms with van der Waals surface area (Å²) < 4.78 is 2.03. The lowest BCUT2D eigenvalue weighted by atomic mass is 10.0. The fourth-order valence-corrected chi connectivity index (χ4v) is 4.06. The van der Waals surface area contributed by atoms with Crippen LogP contribution >= 0.6 is 0 Å². The van der Waals surface area contributed by atoms with Crippen LogP contribution in [0, 0.1) is 11.3 Å². The molecule has 0 atom stereocenters. The van der Waals surface area contributed by atoms with Gasteiger partial charge in [0.25, 0.3) is 0 Å². The van der Waals surface area contributed by atoms with Crippen molar-refractivity contribution in [2.24, 2.45) is 0 Å². The van der Waals surface area contributed by atoms with Crippen molar-refractivity contribution in [1.82, 2.24) is 19.1 Å². The van der Waals surface area contributed by atoms with Gasteiger partial charge < -0.3 is 14.2 Å². The van der Waals surface area contributed by atoms with Crippen LogP contribution in [0.5, 0.6) is 0 Å². The Hall–Kier alpha value is -2.52. The number of fused-ring (bicyclic) bond motifs is 1. The van der Waals surface area contributed by atoms with Gasteiger partial charge in [-0.15, -0.1) is 0 Å². The number of likely N-dealkylation sites (tertiary alicyclic amines) is 1. The second kappa shape index (κ2) is 6.41. The first-order valence-electron chi connectivity index (χ1n) is 8.90. The van der Waals surface area contributed by atoms with Gasteiger partial charge in [-0.2, -0.15) is 5.26 Å². The van der Waals surface area contributed by atoms with Gasteiger partial charge in [0.15, 0.2) is 0 Å². The number of carbonyl (C=O) groups is 1. The second-order valence-corrected chi connectivity index (χ2v) is 7.04. The Morgan fingerprint density at radius 1 is 1.20 bits per heavy atom. The molecule has 0 N–H and O–H groups in total. The Kier molecular flexibility index (Phi) is 4.10. The minimum atomic E-state index is 0.170. The van der Waals surface area contributed by atoms with Gasteiger partial charge in [0, 0.05) is 63.8 Å². The largest absolute Gasteiger partial charge is 0.326 e. The van der Waals surface area contributed by atoms with E-state index in [0.717, 1.165) is 62.2 Å². The Bertz CT molecular complexity index is 828. The standard InChI is InChI=1S/C19H23N5O/c1-21-10-11-24(19(21)25)16-5-8-22(9-6-16)13-15-14-23-7-3-2-4-18(23)17(15)12-20/h2-4,7,14,16H,5-6,8-11,13H2,1H3. The Balaban J connectivity index is 1.43. The van der Waals surface area contributed by atoms with Gasteiger partial charge in [0.1, 0.15) is 6.07 Å². The van der Waals surface area contributed by atoms with Crippen molar-refractivity contribution in [2.45, 2.75) is 25.4 Å². The van der Waals surface area contributed by atoms with E-state index < -0.39 is 0 Å². The van der Waals surface area contributed by atoms with Crippen LogP contribution in [0.3, 0.4) is 0 Å². The Morgan fingerprint density at radius 2 is 2.00 bits per heavy atom. The number of likely N-dealkylation sites (N-methyl/N-ethyl adjacent to an activating group) is 1. The molecule has 6 heteroatoms. The molecule has 0 bridgehead atoms.